The number of hydrogen-bond donors (Lipinski definition) is 1. The minimum Gasteiger partial charge on any atom is -0.435 e. The zero-order chi connectivity index (χ0) is 17.9. The molecule has 0 fully saturated rings. The van der Waals surface area contributed by atoms with Crippen LogP contribution in [0.4, 0.5) is 13.2 Å². The largest absolute Gasteiger partial charge is 0.435 e. The number of benzene rings is 2. The highest BCUT2D eigenvalue weighted by molar-refractivity contribution is 6.36. The van der Waals surface area contributed by atoms with Gasteiger partial charge in [-0.1, -0.05) is 35.3 Å². The van der Waals surface area contributed by atoms with E-state index in [2.05, 4.69) is 10.1 Å². The zero-order valence-corrected chi connectivity index (χ0v) is 13.8. The van der Waals surface area contributed by atoms with Crippen LogP contribution in [0.25, 0.3) is 0 Å². The van der Waals surface area contributed by atoms with E-state index in [-0.39, 0.29) is 21.4 Å². The Morgan fingerprint density at radius 1 is 1.17 bits per heavy atom. The molecular formula is C16H12Cl2F3NO2. The number of hydrogen-bond acceptors (Lipinski definition) is 2. The summed E-state index contributed by atoms with van der Waals surface area (Å²) in [6.07, 6.45) is 0. The first kappa shape index (κ1) is 18.4. The molecule has 1 N–H and O–H groups in total. The first-order valence-electron chi connectivity index (χ1n) is 6.78. The lowest BCUT2D eigenvalue weighted by molar-refractivity contribution is -0.0499. The topological polar surface area (TPSA) is 38.3 Å². The quantitative estimate of drug-likeness (QED) is 0.724. The Labute approximate surface area is 146 Å². The molecule has 24 heavy (non-hydrogen) atoms. The van der Waals surface area contributed by atoms with E-state index in [1.165, 1.54) is 18.2 Å². The van der Waals surface area contributed by atoms with Crippen LogP contribution in [-0.2, 0) is 0 Å². The Morgan fingerprint density at radius 3 is 2.54 bits per heavy atom. The van der Waals surface area contributed by atoms with Gasteiger partial charge in [0.1, 0.15) is 11.6 Å². The monoisotopic (exact) mass is 377 g/mol. The molecule has 2 aromatic rings. The third-order valence-electron chi connectivity index (χ3n) is 3.19. The average molecular weight is 378 g/mol. The van der Waals surface area contributed by atoms with Crippen LogP contribution in [0.5, 0.6) is 5.75 Å². The summed E-state index contributed by atoms with van der Waals surface area (Å²) in [4.78, 5) is 12.2. The normalized spacial score (nSPS) is 12.1. The van der Waals surface area contributed by atoms with Crippen molar-refractivity contribution in [2.45, 2.75) is 19.6 Å². The van der Waals surface area contributed by atoms with Crippen molar-refractivity contribution >= 4 is 29.1 Å². The first-order chi connectivity index (χ1) is 11.3. The van der Waals surface area contributed by atoms with Crippen LogP contribution in [0.3, 0.4) is 0 Å². The molecule has 0 aliphatic carbocycles. The Bertz CT molecular complexity index is 756. The molecule has 8 heteroatoms. The lowest BCUT2D eigenvalue weighted by atomic mass is 10.1. The number of nitrogens with one attached hydrogen (secondary N) is 1. The van der Waals surface area contributed by atoms with Crippen molar-refractivity contribution in [1.29, 1.82) is 0 Å². The lowest BCUT2D eigenvalue weighted by Crippen LogP contribution is -2.27. The van der Waals surface area contributed by atoms with Gasteiger partial charge < -0.3 is 10.1 Å². The van der Waals surface area contributed by atoms with E-state index in [0.29, 0.717) is 5.56 Å². The zero-order valence-electron chi connectivity index (χ0n) is 12.3. The van der Waals surface area contributed by atoms with Crippen LogP contribution in [0.15, 0.2) is 36.4 Å². The number of amides is 1. The third-order valence-corrected chi connectivity index (χ3v) is 3.79. The van der Waals surface area contributed by atoms with Crippen LogP contribution in [0, 0.1) is 5.82 Å². The van der Waals surface area contributed by atoms with Crippen molar-refractivity contribution in [2.75, 3.05) is 0 Å². The van der Waals surface area contributed by atoms with Crippen LogP contribution < -0.4 is 10.1 Å². The van der Waals surface area contributed by atoms with E-state index in [0.717, 1.165) is 12.1 Å². The van der Waals surface area contributed by atoms with Crippen molar-refractivity contribution in [1.82, 2.24) is 5.32 Å². The number of carbonyl (C=O) groups excluding carboxylic acids is 1. The average Bonchev–Trinajstić information content (AvgIpc) is 2.50. The molecule has 0 heterocycles. The maximum Gasteiger partial charge on any atom is 0.387 e. The first-order valence-corrected chi connectivity index (χ1v) is 7.53. The van der Waals surface area contributed by atoms with Crippen LogP contribution in [-0.4, -0.2) is 12.5 Å². The second-order valence-corrected chi connectivity index (χ2v) is 5.71. The maximum atomic E-state index is 13.5. The van der Waals surface area contributed by atoms with Gasteiger partial charge in [-0.25, -0.2) is 4.39 Å². The molecule has 1 atom stereocenters. The molecule has 128 valence electrons. The number of ether oxygens (including phenoxy) is 1. The molecule has 0 aromatic heterocycles. The van der Waals surface area contributed by atoms with E-state index in [1.807, 2.05) is 0 Å². The summed E-state index contributed by atoms with van der Waals surface area (Å²) in [6, 6.07) is 7.42. The molecule has 2 aromatic carbocycles. The second-order valence-electron chi connectivity index (χ2n) is 4.89. The van der Waals surface area contributed by atoms with Crippen molar-refractivity contribution in [3.8, 4) is 5.75 Å². The second kappa shape index (κ2) is 7.77. The van der Waals surface area contributed by atoms with Gasteiger partial charge in [-0.2, -0.15) is 8.78 Å². The Balaban J connectivity index is 2.16. The SMILES string of the molecule is CC(NC(=O)c1cc(F)c(Cl)cc1Cl)c1cccc(OC(F)F)c1. The van der Waals surface area contributed by atoms with Gasteiger partial charge in [-0.3, -0.25) is 4.79 Å². The van der Waals surface area contributed by atoms with Gasteiger partial charge in [0.2, 0.25) is 0 Å². The lowest BCUT2D eigenvalue weighted by Gasteiger charge is -2.16. The van der Waals surface area contributed by atoms with Gasteiger partial charge in [-0.05, 0) is 36.8 Å². The van der Waals surface area contributed by atoms with Gasteiger partial charge in [0.25, 0.3) is 5.91 Å². The molecule has 0 saturated carbocycles. The van der Waals surface area contributed by atoms with E-state index in [4.69, 9.17) is 23.2 Å². The predicted molar refractivity (Wildman–Crippen MR) is 85.4 cm³/mol. The van der Waals surface area contributed by atoms with Crippen molar-refractivity contribution in [2.24, 2.45) is 0 Å². The number of rotatable bonds is 5. The summed E-state index contributed by atoms with van der Waals surface area (Å²) in [5, 5.41) is 2.41. The Hall–Kier alpha value is -1.92. The minimum absolute atomic E-state index is 0.000819. The highest BCUT2D eigenvalue weighted by Gasteiger charge is 2.17. The molecule has 1 amide bonds. The van der Waals surface area contributed by atoms with Gasteiger partial charge in [0.15, 0.2) is 0 Å². The fourth-order valence-electron chi connectivity index (χ4n) is 2.01. The molecule has 0 spiro atoms. The van der Waals surface area contributed by atoms with Gasteiger partial charge >= 0.3 is 6.61 Å². The molecule has 0 radical (unpaired) electrons. The predicted octanol–water partition coefficient (Wildman–Crippen LogP) is 5.22. The summed E-state index contributed by atoms with van der Waals surface area (Å²) in [7, 11) is 0. The van der Waals surface area contributed by atoms with Crippen molar-refractivity contribution in [3.05, 3.63) is 63.4 Å². The Morgan fingerprint density at radius 2 is 1.88 bits per heavy atom. The number of carbonyl (C=O) groups is 1. The Kier molecular flexibility index (Phi) is 5.96. The molecular weight excluding hydrogens is 366 g/mol. The molecule has 0 bridgehead atoms. The molecule has 0 saturated heterocycles. The van der Waals surface area contributed by atoms with Crippen LogP contribution in [0.2, 0.25) is 10.0 Å². The smallest absolute Gasteiger partial charge is 0.387 e. The minimum atomic E-state index is -2.94. The highest BCUT2D eigenvalue weighted by Crippen LogP contribution is 2.26. The summed E-state index contributed by atoms with van der Waals surface area (Å²) in [5.74, 6) is -1.42. The maximum absolute atomic E-state index is 13.5. The molecule has 3 nitrogen and oxygen atoms in total. The summed E-state index contributed by atoms with van der Waals surface area (Å²) < 4.78 is 42.3. The molecule has 0 aliphatic rings. The highest BCUT2D eigenvalue weighted by atomic mass is 35.5. The van der Waals surface area contributed by atoms with E-state index >= 15 is 0 Å². The van der Waals surface area contributed by atoms with Crippen molar-refractivity contribution in [3.63, 3.8) is 0 Å². The van der Waals surface area contributed by atoms with Gasteiger partial charge in [0, 0.05) is 0 Å². The van der Waals surface area contributed by atoms with E-state index in [1.54, 1.807) is 13.0 Å². The van der Waals surface area contributed by atoms with Crippen molar-refractivity contribution < 1.29 is 22.7 Å². The number of halogens is 5. The summed E-state index contributed by atoms with van der Waals surface area (Å²) in [5.41, 5.74) is 0.456. The van der Waals surface area contributed by atoms with Crippen LogP contribution >= 0.6 is 23.2 Å². The summed E-state index contributed by atoms with van der Waals surface area (Å²) in [6.45, 7) is -1.31. The van der Waals surface area contributed by atoms with E-state index in [9.17, 15) is 18.0 Å². The van der Waals surface area contributed by atoms with Crippen LogP contribution in [0.1, 0.15) is 28.9 Å². The molecule has 2 rings (SSSR count). The summed E-state index contributed by atoms with van der Waals surface area (Å²) >= 11 is 11.5. The van der Waals surface area contributed by atoms with Gasteiger partial charge in [-0.15, -0.1) is 0 Å². The fraction of sp³-hybridized carbons (Fsp3) is 0.188. The van der Waals surface area contributed by atoms with E-state index < -0.39 is 24.4 Å². The van der Waals surface area contributed by atoms with Gasteiger partial charge in [0.05, 0.1) is 21.7 Å². The third kappa shape index (κ3) is 4.55. The standard InChI is InChI=1S/C16H12Cl2F3NO2/c1-8(9-3-2-4-10(5-9)24-16(20)21)22-15(23)11-6-14(19)13(18)7-12(11)17/h2-8,16H,1H3,(H,22,23). The molecule has 1 unspecified atom stereocenters. The molecule has 0 aliphatic heterocycles. The fourth-order valence-corrected chi connectivity index (χ4v) is 2.48. The number of alkyl halides is 2.